The van der Waals surface area contributed by atoms with Gasteiger partial charge in [-0.1, -0.05) is 34.9 Å². The minimum absolute atomic E-state index is 0.336. The first kappa shape index (κ1) is 14.0. The van der Waals surface area contributed by atoms with Crippen LogP contribution in [-0.4, -0.2) is 5.78 Å². The van der Waals surface area contributed by atoms with Crippen molar-refractivity contribution in [2.45, 2.75) is 47.0 Å². The Hall–Kier alpha value is -1.37. The first-order valence-electron chi connectivity index (χ1n) is 7.05. The molecule has 1 heteroatoms. The van der Waals surface area contributed by atoms with Crippen molar-refractivity contribution in [3.63, 3.8) is 0 Å². The summed E-state index contributed by atoms with van der Waals surface area (Å²) in [5.74, 6) is 0.687. The number of Topliss-reactive ketones (excluding diaryl/α,β-unsaturated/α-hetero) is 1. The van der Waals surface area contributed by atoms with Crippen LogP contribution in [0.5, 0.6) is 0 Å². The van der Waals surface area contributed by atoms with Crippen LogP contribution in [0.4, 0.5) is 0 Å². The zero-order valence-electron chi connectivity index (χ0n) is 12.4. The average Bonchev–Trinajstić information content (AvgIpc) is 2.79. The van der Waals surface area contributed by atoms with Crippen LogP contribution in [0.2, 0.25) is 0 Å². The maximum absolute atomic E-state index is 12.4. The van der Waals surface area contributed by atoms with E-state index in [9.17, 15) is 4.79 Å². The third-order valence-corrected chi connectivity index (χ3v) is 4.12. The summed E-state index contributed by atoms with van der Waals surface area (Å²) in [5.41, 5.74) is 6.32. The summed E-state index contributed by atoms with van der Waals surface area (Å²) in [4.78, 5) is 12.4. The molecule has 1 unspecified atom stereocenters. The van der Waals surface area contributed by atoms with Crippen LogP contribution in [-0.2, 0) is 4.79 Å². The zero-order chi connectivity index (χ0) is 14.0. The van der Waals surface area contributed by atoms with Crippen molar-refractivity contribution in [3.8, 4) is 0 Å². The maximum atomic E-state index is 12.4. The van der Waals surface area contributed by atoms with Crippen LogP contribution in [0.25, 0.3) is 0 Å². The van der Waals surface area contributed by atoms with E-state index in [-0.39, 0.29) is 0 Å². The summed E-state index contributed by atoms with van der Waals surface area (Å²) in [6, 6.07) is 0. The molecule has 101 valence electrons. The lowest BCUT2D eigenvalue weighted by Gasteiger charge is -2.15. The second kappa shape index (κ2) is 5.73. The molecule has 1 saturated carbocycles. The van der Waals surface area contributed by atoms with Crippen molar-refractivity contribution in [2.75, 3.05) is 0 Å². The quantitative estimate of drug-likeness (QED) is 0.376. The largest absolute Gasteiger partial charge is 0.295 e. The predicted molar refractivity (Wildman–Crippen MR) is 80.6 cm³/mol. The molecule has 1 fully saturated rings. The molecule has 0 N–H and O–H groups in total. The lowest BCUT2D eigenvalue weighted by atomic mass is 9.89. The van der Waals surface area contributed by atoms with E-state index in [1.807, 2.05) is 0 Å². The van der Waals surface area contributed by atoms with E-state index in [0.717, 1.165) is 18.4 Å². The Kier molecular flexibility index (Phi) is 4.24. The highest BCUT2D eigenvalue weighted by molar-refractivity contribution is 5.97. The molecule has 2 aliphatic carbocycles. The number of carbonyl (C=O) groups excluding carboxylic acids is 1. The Morgan fingerprint density at radius 2 is 1.84 bits per heavy atom. The Morgan fingerprint density at radius 1 is 1.11 bits per heavy atom. The second-order valence-corrected chi connectivity index (χ2v) is 6.01. The molecule has 0 aromatic carbocycles. The van der Waals surface area contributed by atoms with Gasteiger partial charge in [0.25, 0.3) is 0 Å². The van der Waals surface area contributed by atoms with E-state index in [1.165, 1.54) is 22.3 Å². The molecule has 0 heterocycles. The van der Waals surface area contributed by atoms with Crippen molar-refractivity contribution in [2.24, 2.45) is 5.92 Å². The molecular formula is C18H23O. The Morgan fingerprint density at radius 3 is 2.37 bits per heavy atom. The molecular weight excluding hydrogens is 232 g/mol. The molecule has 1 radical (unpaired) electrons. The van der Waals surface area contributed by atoms with Crippen LogP contribution >= 0.6 is 0 Å². The van der Waals surface area contributed by atoms with Gasteiger partial charge in [0, 0.05) is 12.8 Å². The van der Waals surface area contributed by atoms with Gasteiger partial charge in [0.2, 0.25) is 0 Å². The number of carbonyl (C=O) groups is 1. The molecule has 0 saturated heterocycles. The lowest BCUT2D eigenvalue weighted by molar-refractivity contribution is -0.116. The minimum Gasteiger partial charge on any atom is -0.295 e. The first-order chi connectivity index (χ1) is 8.99. The molecule has 0 aromatic rings. The van der Waals surface area contributed by atoms with Crippen molar-refractivity contribution in [1.82, 2.24) is 0 Å². The van der Waals surface area contributed by atoms with Crippen LogP contribution in [0.3, 0.4) is 0 Å². The van der Waals surface area contributed by atoms with E-state index in [1.54, 1.807) is 0 Å². The van der Waals surface area contributed by atoms with Crippen LogP contribution < -0.4 is 0 Å². The topological polar surface area (TPSA) is 17.1 Å². The van der Waals surface area contributed by atoms with Crippen molar-refractivity contribution >= 4 is 5.78 Å². The summed E-state index contributed by atoms with van der Waals surface area (Å²) in [7, 11) is 0. The van der Waals surface area contributed by atoms with Crippen LogP contribution in [0, 0.1) is 12.3 Å². The van der Waals surface area contributed by atoms with E-state index in [2.05, 4.69) is 52.3 Å². The molecule has 0 aromatic heterocycles. The average molecular weight is 255 g/mol. The highest BCUT2D eigenvalue weighted by atomic mass is 16.1. The van der Waals surface area contributed by atoms with Crippen molar-refractivity contribution < 1.29 is 4.79 Å². The highest BCUT2D eigenvalue weighted by Gasteiger charge is 2.27. The monoisotopic (exact) mass is 255 g/mol. The van der Waals surface area contributed by atoms with Gasteiger partial charge < -0.3 is 0 Å². The van der Waals surface area contributed by atoms with Gasteiger partial charge in [-0.25, -0.2) is 0 Å². The number of allylic oxidation sites excluding steroid dienone is 8. The smallest absolute Gasteiger partial charge is 0.159 e. The van der Waals surface area contributed by atoms with E-state index >= 15 is 0 Å². The Labute approximate surface area is 116 Å². The summed E-state index contributed by atoms with van der Waals surface area (Å²) in [5, 5.41) is 0. The SMILES string of the molecule is CC(C)=C1CC(=C(C)C)C(=O)CC(C2=C[CH]C=C2)C1. The van der Waals surface area contributed by atoms with Gasteiger partial charge in [0.1, 0.15) is 0 Å². The Balaban J connectivity index is 2.36. The van der Waals surface area contributed by atoms with E-state index in [0.29, 0.717) is 18.1 Å². The van der Waals surface area contributed by atoms with Crippen LogP contribution in [0.1, 0.15) is 47.0 Å². The fourth-order valence-corrected chi connectivity index (χ4v) is 2.83. The molecule has 0 amide bonds. The summed E-state index contributed by atoms with van der Waals surface area (Å²) in [6.45, 7) is 8.43. The van der Waals surface area contributed by atoms with Gasteiger partial charge in [0.15, 0.2) is 5.78 Å². The summed E-state index contributed by atoms with van der Waals surface area (Å²) in [6.07, 6.45) is 10.9. The molecule has 2 rings (SSSR count). The fraction of sp³-hybridized carbons (Fsp3) is 0.444. The zero-order valence-corrected chi connectivity index (χ0v) is 12.4. The minimum atomic E-state index is 0.336. The number of hydrogen-bond donors (Lipinski definition) is 0. The highest BCUT2D eigenvalue weighted by Crippen LogP contribution is 2.36. The second-order valence-electron chi connectivity index (χ2n) is 6.01. The van der Waals surface area contributed by atoms with Gasteiger partial charge in [-0.2, -0.15) is 0 Å². The lowest BCUT2D eigenvalue weighted by Crippen LogP contribution is -2.08. The molecule has 0 aliphatic heterocycles. The van der Waals surface area contributed by atoms with Gasteiger partial charge in [-0.05, 0) is 57.6 Å². The third-order valence-electron chi connectivity index (χ3n) is 4.12. The van der Waals surface area contributed by atoms with Crippen LogP contribution in [0.15, 0.2) is 46.1 Å². The third kappa shape index (κ3) is 3.15. The molecule has 0 spiro atoms. The molecule has 19 heavy (non-hydrogen) atoms. The number of rotatable bonds is 1. The Bertz CT molecular complexity index is 504. The number of hydrogen-bond acceptors (Lipinski definition) is 1. The number of ketones is 1. The van der Waals surface area contributed by atoms with Crippen molar-refractivity contribution in [3.05, 3.63) is 52.5 Å². The van der Waals surface area contributed by atoms with Crippen molar-refractivity contribution in [1.29, 1.82) is 0 Å². The van der Waals surface area contributed by atoms with Gasteiger partial charge in [0.05, 0.1) is 0 Å². The summed E-state index contributed by atoms with van der Waals surface area (Å²) >= 11 is 0. The predicted octanol–water partition coefficient (Wildman–Crippen LogP) is 4.73. The molecule has 2 aliphatic rings. The van der Waals surface area contributed by atoms with E-state index < -0.39 is 0 Å². The van der Waals surface area contributed by atoms with E-state index in [4.69, 9.17) is 0 Å². The first-order valence-corrected chi connectivity index (χ1v) is 7.05. The van der Waals surface area contributed by atoms with Gasteiger partial charge in [-0.15, -0.1) is 0 Å². The summed E-state index contributed by atoms with van der Waals surface area (Å²) < 4.78 is 0. The van der Waals surface area contributed by atoms with Gasteiger partial charge >= 0.3 is 0 Å². The molecule has 1 atom stereocenters. The van der Waals surface area contributed by atoms with Gasteiger partial charge in [-0.3, -0.25) is 4.79 Å². The standard InChI is InChI=1S/C18H23O/c1-12(2)15-9-16(14-7-5-6-8-14)11-18(19)17(10-15)13(3)4/h5-8,16H,9-11H2,1-4H3. The fourth-order valence-electron chi connectivity index (χ4n) is 2.83. The molecule has 1 nitrogen and oxygen atoms in total. The maximum Gasteiger partial charge on any atom is 0.159 e. The molecule has 0 bridgehead atoms. The normalized spacial score (nSPS) is 23.5.